The van der Waals surface area contributed by atoms with E-state index in [-0.39, 0.29) is 13.0 Å². The fourth-order valence-corrected chi connectivity index (χ4v) is 2.57. The number of amides is 2. The Morgan fingerprint density at radius 2 is 1.88 bits per heavy atom. The van der Waals surface area contributed by atoms with Crippen molar-refractivity contribution in [2.45, 2.75) is 12.6 Å². The molecule has 1 aliphatic heterocycles. The molecule has 0 aromatic heterocycles. The van der Waals surface area contributed by atoms with Gasteiger partial charge in [0, 0.05) is 18.7 Å². The molecule has 1 N–H and O–H groups in total. The minimum absolute atomic E-state index is 0.312. The standard InChI is InChI=1S/C15H15F3N2O4/c16-15(17,18)9-19-7-10(6-12(19)21)14(24)20(8-13(22)23)11-4-2-1-3-5-11/h1-5,10H,6-9H2,(H,22,23). The normalized spacial score (nSPS) is 17.9. The van der Waals surface area contributed by atoms with Gasteiger partial charge in [-0.1, -0.05) is 18.2 Å². The zero-order valence-electron chi connectivity index (χ0n) is 12.5. The lowest BCUT2D eigenvalue weighted by Crippen LogP contribution is -2.41. The molecule has 0 saturated carbocycles. The molecule has 6 nitrogen and oxygen atoms in total. The summed E-state index contributed by atoms with van der Waals surface area (Å²) in [4.78, 5) is 36.8. The molecule has 24 heavy (non-hydrogen) atoms. The third kappa shape index (κ3) is 4.46. The van der Waals surface area contributed by atoms with Crippen molar-refractivity contribution in [1.82, 2.24) is 4.90 Å². The second-order valence-electron chi connectivity index (χ2n) is 5.44. The molecule has 2 amide bonds. The molecule has 1 unspecified atom stereocenters. The van der Waals surface area contributed by atoms with Gasteiger partial charge in [-0.25, -0.2) is 0 Å². The molecule has 1 saturated heterocycles. The summed E-state index contributed by atoms with van der Waals surface area (Å²) < 4.78 is 37.3. The van der Waals surface area contributed by atoms with Gasteiger partial charge >= 0.3 is 12.1 Å². The minimum Gasteiger partial charge on any atom is -0.480 e. The van der Waals surface area contributed by atoms with Crippen molar-refractivity contribution < 1.29 is 32.7 Å². The Bertz CT molecular complexity index is 633. The van der Waals surface area contributed by atoms with Crippen LogP contribution in [0.25, 0.3) is 0 Å². The number of halogens is 3. The Morgan fingerprint density at radius 1 is 1.25 bits per heavy atom. The molecule has 0 radical (unpaired) electrons. The number of carboxylic acids is 1. The van der Waals surface area contributed by atoms with Crippen LogP contribution < -0.4 is 4.90 Å². The van der Waals surface area contributed by atoms with Crippen LogP contribution in [0.1, 0.15) is 6.42 Å². The van der Waals surface area contributed by atoms with Gasteiger partial charge in [0.05, 0.1) is 5.92 Å². The summed E-state index contributed by atoms with van der Waals surface area (Å²) in [5.41, 5.74) is 0.312. The van der Waals surface area contributed by atoms with Gasteiger partial charge in [-0.3, -0.25) is 14.4 Å². The molecule has 1 aromatic carbocycles. The smallest absolute Gasteiger partial charge is 0.406 e. The van der Waals surface area contributed by atoms with Crippen molar-refractivity contribution in [3.05, 3.63) is 30.3 Å². The number of para-hydroxylation sites is 1. The van der Waals surface area contributed by atoms with Crippen molar-refractivity contribution in [2.75, 3.05) is 24.5 Å². The Morgan fingerprint density at radius 3 is 2.42 bits per heavy atom. The molecule has 1 aliphatic rings. The summed E-state index contributed by atoms with van der Waals surface area (Å²) in [6.07, 6.45) is -4.91. The van der Waals surface area contributed by atoms with Crippen LogP contribution in [0, 0.1) is 5.92 Å². The Labute approximate surface area is 135 Å². The molecule has 130 valence electrons. The first-order valence-electron chi connectivity index (χ1n) is 7.10. The van der Waals surface area contributed by atoms with Gasteiger partial charge in [0.1, 0.15) is 13.1 Å². The Kier molecular flexibility index (Phi) is 5.10. The van der Waals surface area contributed by atoms with Crippen molar-refractivity contribution >= 4 is 23.5 Å². The zero-order chi connectivity index (χ0) is 17.9. The van der Waals surface area contributed by atoms with Gasteiger partial charge in [-0.15, -0.1) is 0 Å². The summed E-state index contributed by atoms with van der Waals surface area (Å²) in [6, 6.07) is 7.92. The number of alkyl halides is 3. The highest BCUT2D eigenvalue weighted by Gasteiger charge is 2.42. The number of anilines is 1. The summed E-state index contributed by atoms with van der Waals surface area (Å²) >= 11 is 0. The molecule has 2 rings (SSSR count). The average Bonchev–Trinajstić information content (AvgIpc) is 2.84. The topological polar surface area (TPSA) is 77.9 Å². The molecule has 1 aromatic rings. The van der Waals surface area contributed by atoms with E-state index in [9.17, 15) is 27.6 Å². The van der Waals surface area contributed by atoms with E-state index in [1.165, 1.54) is 12.1 Å². The van der Waals surface area contributed by atoms with E-state index in [1.807, 2.05) is 0 Å². The lowest BCUT2D eigenvalue weighted by Gasteiger charge is -2.24. The molecule has 1 heterocycles. The lowest BCUT2D eigenvalue weighted by molar-refractivity contribution is -0.157. The van der Waals surface area contributed by atoms with E-state index in [4.69, 9.17) is 5.11 Å². The van der Waals surface area contributed by atoms with Crippen LogP contribution in [0.3, 0.4) is 0 Å². The van der Waals surface area contributed by atoms with Gasteiger partial charge in [0.15, 0.2) is 0 Å². The molecule has 1 atom stereocenters. The molecule has 0 spiro atoms. The summed E-state index contributed by atoms with van der Waals surface area (Å²) in [5, 5.41) is 8.97. The van der Waals surface area contributed by atoms with E-state index >= 15 is 0 Å². The third-order valence-electron chi connectivity index (χ3n) is 3.56. The summed E-state index contributed by atoms with van der Waals surface area (Å²) in [6.45, 7) is -2.42. The largest absolute Gasteiger partial charge is 0.480 e. The maximum absolute atomic E-state index is 12.5. The van der Waals surface area contributed by atoms with E-state index in [2.05, 4.69) is 0 Å². The number of carboxylic acid groups (broad SMARTS) is 1. The van der Waals surface area contributed by atoms with E-state index in [0.29, 0.717) is 10.6 Å². The van der Waals surface area contributed by atoms with Gasteiger partial charge in [0.2, 0.25) is 11.8 Å². The zero-order valence-corrected chi connectivity index (χ0v) is 12.5. The highest BCUT2D eigenvalue weighted by Crippen LogP contribution is 2.26. The van der Waals surface area contributed by atoms with E-state index < -0.39 is 43.0 Å². The van der Waals surface area contributed by atoms with Crippen LogP contribution >= 0.6 is 0 Å². The fourth-order valence-electron chi connectivity index (χ4n) is 2.57. The van der Waals surface area contributed by atoms with Crippen LogP contribution in [-0.4, -0.2) is 53.6 Å². The third-order valence-corrected chi connectivity index (χ3v) is 3.56. The second kappa shape index (κ2) is 6.90. The SMILES string of the molecule is O=C(O)CN(C(=O)C1CC(=O)N(CC(F)(F)F)C1)c1ccccc1. The van der Waals surface area contributed by atoms with E-state index in [0.717, 1.165) is 4.90 Å². The predicted octanol–water partition coefficient (Wildman–Crippen LogP) is 1.51. The molecule has 0 aliphatic carbocycles. The van der Waals surface area contributed by atoms with E-state index in [1.54, 1.807) is 18.2 Å². The monoisotopic (exact) mass is 344 g/mol. The number of nitrogens with zero attached hydrogens (tertiary/aromatic N) is 2. The van der Waals surface area contributed by atoms with Gasteiger partial charge in [0.25, 0.3) is 0 Å². The van der Waals surface area contributed by atoms with Gasteiger partial charge < -0.3 is 14.9 Å². The van der Waals surface area contributed by atoms with Crippen LogP contribution in [0.2, 0.25) is 0 Å². The summed E-state index contributed by atoms with van der Waals surface area (Å²) in [5.74, 6) is -3.71. The second-order valence-corrected chi connectivity index (χ2v) is 5.44. The molecule has 9 heteroatoms. The van der Waals surface area contributed by atoms with Crippen molar-refractivity contribution in [1.29, 1.82) is 0 Å². The van der Waals surface area contributed by atoms with Crippen molar-refractivity contribution in [3.63, 3.8) is 0 Å². The number of benzene rings is 1. The fraction of sp³-hybridized carbons (Fsp3) is 0.400. The first-order valence-corrected chi connectivity index (χ1v) is 7.10. The highest BCUT2D eigenvalue weighted by atomic mass is 19.4. The predicted molar refractivity (Wildman–Crippen MR) is 77.2 cm³/mol. The molecule has 1 fully saturated rings. The maximum Gasteiger partial charge on any atom is 0.406 e. The minimum atomic E-state index is -4.55. The van der Waals surface area contributed by atoms with Crippen molar-refractivity contribution in [2.24, 2.45) is 5.92 Å². The number of carbonyl (C=O) groups is 3. The average molecular weight is 344 g/mol. The molecule has 0 bridgehead atoms. The van der Waals surface area contributed by atoms with Crippen LogP contribution in [-0.2, 0) is 14.4 Å². The highest BCUT2D eigenvalue weighted by molar-refractivity contribution is 6.01. The summed E-state index contributed by atoms with van der Waals surface area (Å²) in [7, 11) is 0. The number of hydrogen-bond donors (Lipinski definition) is 1. The number of likely N-dealkylation sites (tertiary alicyclic amines) is 1. The first kappa shape index (κ1) is 17.8. The number of aliphatic carboxylic acids is 1. The number of hydrogen-bond acceptors (Lipinski definition) is 3. The van der Waals surface area contributed by atoms with Gasteiger partial charge in [-0.2, -0.15) is 13.2 Å². The molecular formula is C15H15F3N2O4. The van der Waals surface area contributed by atoms with Crippen LogP contribution in [0.4, 0.5) is 18.9 Å². The number of rotatable bonds is 5. The number of carbonyl (C=O) groups excluding carboxylic acids is 2. The Balaban J connectivity index is 2.16. The van der Waals surface area contributed by atoms with Crippen LogP contribution in [0.15, 0.2) is 30.3 Å². The maximum atomic E-state index is 12.5. The molecular weight excluding hydrogens is 329 g/mol. The van der Waals surface area contributed by atoms with Crippen LogP contribution in [0.5, 0.6) is 0 Å². The Hall–Kier alpha value is -2.58. The van der Waals surface area contributed by atoms with Crippen molar-refractivity contribution in [3.8, 4) is 0 Å². The quantitative estimate of drug-likeness (QED) is 0.878. The van der Waals surface area contributed by atoms with Gasteiger partial charge in [-0.05, 0) is 12.1 Å². The lowest BCUT2D eigenvalue weighted by atomic mass is 10.1. The first-order chi connectivity index (χ1) is 11.2.